The Bertz CT molecular complexity index is 1290. The molecule has 4 rings (SSSR count). The summed E-state index contributed by atoms with van der Waals surface area (Å²) in [4.78, 5) is 53.1. The van der Waals surface area contributed by atoms with E-state index in [4.69, 9.17) is 14.6 Å². The van der Waals surface area contributed by atoms with Gasteiger partial charge >= 0.3 is 6.09 Å². The highest BCUT2D eigenvalue weighted by Crippen LogP contribution is 2.50. The van der Waals surface area contributed by atoms with E-state index in [0.717, 1.165) is 0 Å². The number of nitrogens with zero attached hydrogens (tertiary/aromatic N) is 1. The highest BCUT2D eigenvalue weighted by atomic mass is 16.7. The van der Waals surface area contributed by atoms with Gasteiger partial charge < -0.3 is 29.8 Å². The number of rotatable bonds is 5. The molecule has 36 heavy (non-hydrogen) atoms. The van der Waals surface area contributed by atoms with Gasteiger partial charge in [0.25, 0.3) is 17.3 Å². The van der Waals surface area contributed by atoms with E-state index >= 15 is 0 Å². The Balaban J connectivity index is 1.63. The molecule has 0 radical (unpaired) electrons. The lowest BCUT2D eigenvalue weighted by Crippen LogP contribution is -2.47. The van der Waals surface area contributed by atoms with Gasteiger partial charge in [0, 0.05) is 42.8 Å². The summed E-state index contributed by atoms with van der Waals surface area (Å²) in [5.74, 6) is -0.921. The van der Waals surface area contributed by atoms with E-state index in [1.807, 2.05) is 0 Å². The lowest BCUT2D eigenvalue weighted by Gasteiger charge is -2.37. The number of fused-ring (bicyclic) bond motifs is 1. The van der Waals surface area contributed by atoms with Gasteiger partial charge in [0.15, 0.2) is 17.8 Å². The molecule has 10 heteroatoms. The number of hydrogen-bond donors (Lipinski definition) is 3. The van der Waals surface area contributed by atoms with Gasteiger partial charge in [-0.25, -0.2) is 4.79 Å². The topological polar surface area (TPSA) is 138 Å². The number of pyridine rings is 1. The van der Waals surface area contributed by atoms with Crippen molar-refractivity contribution in [2.75, 3.05) is 11.9 Å². The number of carbonyl (C=O) groups excluding carboxylic acids is 2. The molecule has 10 nitrogen and oxygen atoms in total. The Morgan fingerprint density at radius 3 is 2.36 bits per heavy atom. The summed E-state index contributed by atoms with van der Waals surface area (Å²) in [6.07, 6.45) is 2.23. The zero-order valence-corrected chi connectivity index (χ0v) is 21.1. The molecule has 1 atom stereocenters. The fourth-order valence-corrected chi connectivity index (χ4v) is 5.37. The monoisotopic (exact) mass is 497 g/mol. The van der Waals surface area contributed by atoms with Crippen molar-refractivity contribution in [2.24, 2.45) is 5.92 Å². The molecule has 1 aromatic heterocycles. The van der Waals surface area contributed by atoms with E-state index < -0.39 is 17.8 Å². The fraction of sp³-hybridized carbons (Fsp3) is 0.462. The molecule has 3 N–H and O–H groups in total. The molecule has 1 unspecified atom stereocenters. The van der Waals surface area contributed by atoms with Crippen LogP contribution in [0.5, 0.6) is 11.5 Å². The molecule has 2 heterocycles. The molecule has 1 aliphatic carbocycles. The van der Waals surface area contributed by atoms with Crippen LogP contribution in [0.4, 0.5) is 10.5 Å². The highest BCUT2D eigenvalue weighted by Gasteiger charge is 2.47. The number of aromatic amines is 1. The number of amides is 2. The SMILES string of the molecule is Cc1cc(C)c(N(C)C(=O)c2cc(C=O)c3c(c2C)OC(C)(C2CCC(NC(=O)O)CC2)O3)c(=O)[nH]1. The van der Waals surface area contributed by atoms with Crippen molar-refractivity contribution < 1.29 is 29.0 Å². The lowest BCUT2D eigenvalue weighted by molar-refractivity contribution is -0.121. The smallest absolute Gasteiger partial charge is 0.404 e. The third-order valence-electron chi connectivity index (χ3n) is 7.25. The van der Waals surface area contributed by atoms with Crippen molar-refractivity contribution in [1.82, 2.24) is 10.3 Å². The van der Waals surface area contributed by atoms with Crippen LogP contribution < -0.4 is 25.2 Å². The molecule has 2 amide bonds. The van der Waals surface area contributed by atoms with Crippen LogP contribution in [0.2, 0.25) is 0 Å². The quantitative estimate of drug-likeness (QED) is 0.536. The molecular weight excluding hydrogens is 466 g/mol. The molecule has 2 aromatic rings. The molecule has 1 aromatic carbocycles. The number of H-pyrrole nitrogens is 1. The summed E-state index contributed by atoms with van der Waals surface area (Å²) >= 11 is 0. The van der Waals surface area contributed by atoms with E-state index in [1.54, 1.807) is 33.8 Å². The average molecular weight is 498 g/mol. The number of ether oxygens (including phenoxy) is 2. The van der Waals surface area contributed by atoms with Crippen LogP contribution in [0, 0.1) is 26.7 Å². The first-order valence-electron chi connectivity index (χ1n) is 11.9. The third kappa shape index (κ3) is 4.43. The molecular formula is C26H31N3O7. The van der Waals surface area contributed by atoms with Gasteiger partial charge in [-0.05, 0) is 64.2 Å². The van der Waals surface area contributed by atoms with Crippen LogP contribution >= 0.6 is 0 Å². The number of nitrogens with one attached hydrogen (secondary N) is 2. The van der Waals surface area contributed by atoms with Crippen molar-refractivity contribution in [3.05, 3.63) is 50.4 Å². The number of hydrogen-bond acceptors (Lipinski definition) is 6. The van der Waals surface area contributed by atoms with E-state index in [-0.39, 0.29) is 34.3 Å². The van der Waals surface area contributed by atoms with Gasteiger partial charge in [-0.1, -0.05) is 0 Å². The number of aryl methyl sites for hydroxylation is 2. The van der Waals surface area contributed by atoms with Gasteiger partial charge in [-0.2, -0.15) is 0 Å². The van der Waals surface area contributed by atoms with Gasteiger partial charge in [0.2, 0.25) is 0 Å². The number of carbonyl (C=O) groups is 3. The summed E-state index contributed by atoms with van der Waals surface area (Å²) in [6, 6.07) is 3.14. The Kier molecular flexibility index (Phi) is 6.55. The van der Waals surface area contributed by atoms with Crippen LogP contribution in [0.15, 0.2) is 16.9 Å². The first-order valence-corrected chi connectivity index (χ1v) is 11.9. The van der Waals surface area contributed by atoms with Crippen molar-refractivity contribution in [2.45, 2.75) is 65.2 Å². The second-order valence-electron chi connectivity index (χ2n) is 9.81. The lowest BCUT2D eigenvalue weighted by atomic mass is 9.81. The maximum Gasteiger partial charge on any atom is 0.404 e. The molecule has 192 valence electrons. The van der Waals surface area contributed by atoms with E-state index in [2.05, 4.69) is 10.3 Å². The van der Waals surface area contributed by atoms with Gasteiger partial charge in [0.05, 0.1) is 5.56 Å². The van der Waals surface area contributed by atoms with E-state index in [0.29, 0.717) is 60.3 Å². The molecule has 0 spiro atoms. The Morgan fingerprint density at radius 2 is 1.78 bits per heavy atom. The Labute approximate surface area is 208 Å². The minimum Gasteiger partial charge on any atom is -0.465 e. The van der Waals surface area contributed by atoms with Gasteiger partial charge in [-0.15, -0.1) is 0 Å². The molecule has 1 saturated carbocycles. The van der Waals surface area contributed by atoms with Crippen molar-refractivity contribution in [3.8, 4) is 11.5 Å². The third-order valence-corrected chi connectivity index (χ3v) is 7.25. The van der Waals surface area contributed by atoms with Crippen LogP contribution in [0.25, 0.3) is 0 Å². The average Bonchev–Trinajstić information content (AvgIpc) is 3.17. The fourth-order valence-electron chi connectivity index (χ4n) is 5.37. The molecule has 1 fully saturated rings. The maximum absolute atomic E-state index is 13.5. The first kappa shape index (κ1) is 25.3. The first-order chi connectivity index (χ1) is 16.9. The largest absolute Gasteiger partial charge is 0.465 e. The minimum absolute atomic E-state index is 0.0359. The van der Waals surface area contributed by atoms with E-state index in [1.165, 1.54) is 18.0 Å². The molecule has 0 saturated heterocycles. The predicted octanol–water partition coefficient (Wildman–Crippen LogP) is 3.70. The van der Waals surface area contributed by atoms with Crippen molar-refractivity contribution in [3.63, 3.8) is 0 Å². The van der Waals surface area contributed by atoms with Gasteiger partial charge in [0.1, 0.15) is 5.69 Å². The highest BCUT2D eigenvalue weighted by molar-refractivity contribution is 6.08. The Morgan fingerprint density at radius 1 is 1.14 bits per heavy atom. The zero-order valence-electron chi connectivity index (χ0n) is 21.1. The number of aromatic nitrogens is 1. The predicted molar refractivity (Wildman–Crippen MR) is 132 cm³/mol. The minimum atomic E-state index is -1.06. The summed E-state index contributed by atoms with van der Waals surface area (Å²) in [5.41, 5.74) is 2.13. The summed E-state index contributed by atoms with van der Waals surface area (Å²) in [7, 11) is 1.52. The standard InChI is InChI=1S/C26H31N3O7/c1-13-10-14(2)27-23(31)20(13)29(5)24(32)19-11-16(12-30)22-21(15(19)3)35-26(4,36-22)17-6-8-18(9-7-17)28-25(33)34/h10-12,17-18,28H,6-9H2,1-5H3,(H,27,31)(H,33,34). The molecule has 1 aliphatic heterocycles. The number of carboxylic acid groups (broad SMARTS) is 1. The Hall–Kier alpha value is -3.82. The summed E-state index contributed by atoms with van der Waals surface area (Å²) in [6.45, 7) is 7.06. The van der Waals surface area contributed by atoms with Crippen LogP contribution in [-0.4, -0.2) is 47.3 Å². The normalized spacial score (nSPS) is 22.7. The van der Waals surface area contributed by atoms with Crippen LogP contribution in [-0.2, 0) is 0 Å². The summed E-state index contributed by atoms with van der Waals surface area (Å²) in [5, 5.41) is 11.5. The summed E-state index contributed by atoms with van der Waals surface area (Å²) < 4.78 is 12.5. The number of anilines is 1. The van der Waals surface area contributed by atoms with Crippen LogP contribution in [0.3, 0.4) is 0 Å². The van der Waals surface area contributed by atoms with Crippen molar-refractivity contribution in [1.29, 1.82) is 0 Å². The molecule has 2 aliphatic rings. The second kappa shape index (κ2) is 9.33. The second-order valence-corrected chi connectivity index (χ2v) is 9.81. The maximum atomic E-state index is 13.5. The number of aldehydes is 1. The zero-order chi connectivity index (χ0) is 26.4. The number of benzene rings is 1. The van der Waals surface area contributed by atoms with Crippen LogP contribution in [0.1, 0.15) is 70.1 Å². The van der Waals surface area contributed by atoms with E-state index in [9.17, 15) is 19.2 Å². The van der Waals surface area contributed by atoms with Crippen molar-refractivity contribution >= 4 is 24.0 Å². The van der Waals surface area contributed by atoms with Gasteiger partial charge in [-0.3, -0.25) is 14.4 Å². The molecule has 0 bridgehead atoms.